The molecule has 144 valence electrons. The van der Waals surface area contributed by atoms with Crippen LogP contribution in [0.15, 0.2) is 59.0 Å². The van der Waals surface area contributed by atoms with Crippen LogP contribution in [0.1, 0.15) is 35.4 Å². The van der Waals surface area contributed by atoms with Crippen molar-refractivity contribution in [3.8, 4) is 0 Å². The van der Waals surface area contributed by atoms with Crippen LogP contribution in [0.4, 0.5) is 5.69 Å². The molecule has 1 aromatic heterocycles. The van der Waals surface area contributed by atoms with Crippen LogP contribution < -0.4 is 10.6 Å². The third kappa shape index (κ3) is 3.22. The van der Waals surface area contributed by atoms with Gasteiger partial charge in [-0.05, 0) is 43.2 Å². The lowest BCUT2D eigenvalue weighted by Gasteiger charge is -2.27. The van der Waals surface area contributed by atoms with E-state index in [9.17, 15) is 9.59 Å². The zero-order valence-corrected chi connectivity index (χ0v) is 15.6. The van der Waals surface area contributed by atoms with Crippen LogP contribution in [0.25, 0.3) is 11.0 Å². The third-order valence-corrected chi connectivity index (χ3v) is 5.23. The number of ether oxygens (including phenoxy) is 1. The molecule has 2 N–H and O–H groups in total. The SMILES string of the molecule is CCOC(=O)c1cc2cc(N3CC[C@H](c4ccccc4)[C@H]3C(N)=O)ccc2o1. The van der Waals surface area contributed by atoms with Gasteiger partial charge in [-0.25, -0.2) is 4.79 Å². The monoisotopic (exact) mass is 378 g/mol. The van der Waals surface area contributed by atoms with Gasteiger partial charge in [0, 0.05) is 23.5 Å². The summed E-state index contributed by atoms with van der Waals surface area (Å²) in [5, 5.41) is 0.784. The lowest BCUT2D eigenvalue weighted by atomic mass is 9.91. The van der Waals surface area contributed by atoms with E-state index in [1.807, 2.05) is 47.4 Å². The number of fused-ring (bicyclic) bond motifs is 1. The number of nitrogens with two attached hydrogens (primary N) is 1. The molecule has 2 heterocycles. The molecule has 1 aliphatic rings. The molecule has 6 heteroatoms. The number of esters is 1. The molecular formula is C22H22N2O4. The highest BCUT2D eigenvalue weighted by atomic mass is 16.5. The van der Waals surface area contributed by atoms with E-state index in [-0.39, 0.29) is 24.2 Å². The van der Waals surface area contributed by atoms with Crippen molar-refractivity contribution < 1.29 is 18.7 Å². The van der Waals surface area contributed by atoms with Gasteiger partial charge in [0.15, 0.2) is 0 Å². The van der Waals surface area contributed by atoms with Crippen LogP contribution in [0.5, 0.6) is 0 Å². The molecule has 0 spiro atoms. The first-order valence-electron chi connectivity index (χ1n) is 9.40. The number of primary amides is 1. The van der Waals surface area contributed by atoms with Crippen LogP contribution in [0.3, 0.4) is 0 Å². The minimum atomic E-state index is -0.486. The molecule has 1 saturated heterocycles. The predicted molar refractivity (Wildman–Crippen MR) is 106 cm³/mol. The van der Waals surface area contributed by atoms with Gasteiger partial charge in [-0.2, -0.15) is 0 Å². The average molecular weight is 378 g/mol. The summed E-state index contributed by atoms with van der Waals surface area (Å²) >= 11 is 0. The number of hydrogen-bond acceptors (Lipinski definition) is 5. The van der Waals surface area contributed by atoms with Gasteiger partial charge in [0.2, 0.25) is 11.7 Å². The van der Waals surface area contributed by atoms with Gasteiger partial charge in [-0.3, -0.25) is 4.79 Å². The number of hydrogen-bond donors (Lipinski definition) is 1. The average Bonchev–Trinajstić information content (AvgIpc) is 3.32. The molecule has 3 aromatic rings. The Morgan fingerprint density at radius 2 is 1.96 bits per heavy atom. The molecule has 2 aromatic carbocycles. The summed E-state index contributed by atoms with van der Waals surface area (Å²) in [4.78, 5) is 26.2. The van der Waals surface area contributed by atoms with E-state index in [4.69, 9.17) is 14.9 Å². The topological polar surface area (TPSA) is 85.8 Å². The van der Waals surface area contributed by atoms with Crippen LogP contribution in [-0.4, -0.2) is 31.1 Å². The fourth-order valence-corrected chi connectivity index (χ4v) is 4.00. The molecule has 0 radical (unpaired) electrons. The van der Waals surface area contributed by atoms with Crippen LogP contribution in [0, 0.1) is 0 Å². The van der Waals surface area contributed by atoms with Gasteiger partial charge < -0.3 is 19.8 Å². The van der Waals surface area contributed by atoms with Crippen molar-refractivity contribution in [1.29, 1.82) is 0 Å². The maximum Gasteiger partial charge on any atom is 0.374 e. The number of nitrogens with zero attached hydrogens (tertiary/aromatic N) is 1. The van der Waals surface area contributed by atoms with Gasteiger partial charge in [0.1, 0.15) is 11.6 Å². The maximum absolute atomic E-state index is 12.3. The van der Waals surface area contributed by atoms with Crippen molar-refractivity contribution in [1.82, 2.24) is 0 Å². The van der Waals surface area contributed by atoms with Crippen molar-refractivity contribution >= 4 is 28.5 Å². The smallest absolute Gasteiger partial charge is 0.374 e. The zero-order valence-electron chi connectivity index (χ0n) is 15.6. The van der Waals surface area contributed by atoms with E-state index in [2.05, 4.69) is 0 Å². The molecule has 1 aliphatic heterocycles. The molecule has 0 unspecified atom stereocenters. The molecule has 4 rings (SSSR count). The summed E-state index contributed by atoms with van der Waals surface area (Å²) in [5.41, 5.74) is 8.38. The number of carbonyl (C=O) groups is 2. The van der Waals surface area contributed by atoms with Crippen LogP contribution in [-0.2, 0) is 9.53 Å². The van der Waals surface area contributed by atoms with E-state index in [0.717, 1.165) is 29.6 Å². The van der Waals surface area contributed by atoms with Gasteiger partial charge in [0.05, 0.1) is 6.61 Å². The number of amides is 1. The number of furan rings is 1. The van der Waals surface area contributed by atoms with E-state index >= 15 is 0 Å². The van der Waals surface area contributed by atoms with E-state index in [1.54, 1.807) is 19.1 Å². The molecule has 0 aliphatic carbocycles. The molecule has 28 heavy (non-hydrogen) atoms. The highest BCUT2D eigenvalue weighted by Gasteiger charge is 2.39. The highest BCUT2D eigenvalue weighted by molar-refractivity contribution is 5.94. The fraction of sp³-hybridized carbons (Fsp3) is 0.273. The molecule has 2 atom stereocenters. The first-order chi connectivity index (χ1) is 13.6. The van der Waals surface area contributed by atoms with Crippen molar-refractivity contribution in [2.45, 2.75) is 25.3 Å². The Hall–Kier alpha value is -3.28. The summed E-state index contributed by atoms with van der Waals surface area (Å²) in [7, 11) is 0. The second-order valence-electron chi connectivity index (χ2n) is 6.90. The van der Waals surface area contributed by atoms with Crippen molar-refractivity contribution in [2.24, 2.45) is 5.73 Å². The minimum absolute atomic E-state index is 0.0499. The molecule has 1 amide bonds. The van der Waals surface area contributed by atoms with E-state index in [1.165, 1.54) is 0 Å². The maximum atomic E-state index is 12.3. The van der Waals surface area contributed by atoms with Crippen LogP contribution >= 0.6 is 0 Å². The summed E-state index contributed by atoms with van der Waals surface area (Å²) in [6, 6.07) is 16.9. The van der Waals surface area contributed by atoms with Gasteiger partial charge in [-0.1, -0.05) is 30.3 Å². The second kappa shape index (κ2) is 7.38. The normalized spacial score (nSPS) is 19.1. The molecule has 0 saturated carbocycles. The molecule has 0 bridgehead atoms. The van der Waals surface area contributed by atoms with Gasteiger partial charge in [0.25, 0.3) is 0 Å². The van der Waals surface area contributed by atoms with E-state index in [0.29, 0.717) is 5.58 Å². The Kier molecular flexibility index (Phi) is 4.77. The largest absolute Gasteiger partial charge is 0.460 e. The quantitative estimate of drug-likeness (QED) is 0.687. The Morgan fingerprint density at radius 3 is 2.68 bits per heavy atom. The van der Waals surface area contributed by atoms with Crippen molar-refractivity contribution in [3.05, 3.63) is 65.9 Å². The third-order valence-electron chi connectivity index (χ3n) is 5.23. The Labute approximate surface area is 162 Å². The minimum Gasteiger partial charge on any atom is -0.460 e. The van der Waals surface area contributed by atoms with Crippen molar-refractivity contribution in [2.75, 3.05) is 18.1 Å². The first-order valence-corrected chi connectivity index (χ1v) is 9.40. The lowest BCUT2D eigenvalue weighted by molar-refractivity contribution is -0.119. The van der Waals surface area contributed by atoms with Gasteiger partial charge in [-0.15, -0.1) is 0 Å². The second-order valence-corrected chi connectivity index (χ2v) is 6.90. The van der Waals surface area contributed by atoms with Crippen LogP contribution in [0.2, 0.25) is 0 Å². The predicted octanol–water partition coefficient (Wildman–Crippen LogP) is 3.46. The lowest BCUT2D eigenvalue weighted by Crippen LogP contribution is -2.43. The van der Waals surface area contributed by atoms with Gasteiger partial charge >= 0.3 is 5.97 Å². The number of rotatable bonds is 5. The summed E-state index contributed by atoms with van der Waals surface area (Å²) in [6.07, 6.45) is 0.842. The standard InChI is InChI=1S/C22H22N2O4/c1-2-27-22(26)19-13-15-12-16(8-9-18(15)28-19)24-11-10-17(20(24)21(23)25)14-6-4-3-5-7-14/h3-9,12-13,17,20H,2,10-11H2,1H3,(H2,23,25)/t17-,20+/m1/s1. The summed E-state index contributed by atoms with van der Waals surface area (Å²) < 4.78 is 10.6. The molecular weight excluding hydrogens is 356 g/mol. The summed E-state index contributed by atoms with van der Waals surface area (Å²) in [5.74, 6) is -0.607. The summed E-state index contributed by atoms with van der Waals surface area (Å²) in [6.45, 7) is 2.76. The van der Waals surface area contributed by atoms with E-state index < -0.39 is 12.0 Å². The number of carbonyl (C=O) groups excluding carboxylic acids is 2. The molecule has 1 fully saturated rings. The fourth-order valence-electron chi connectivity index (χ4n) is 4.00. The zero-order chi connectivity index (χ0) is 19.7. The Morgan fingerprint density at radius 1 is 1.18 bits per heavy atom. The highest BCUT2D eigenvalue weighted by Crippen LogP contribution is 2.37. The first kappa shape index (κ1) is 18.1. The number of benzene rings is 2. The number of anilines is 1. The van der Waals surface area contributed by atoms with Crippen molar-refractivity contribution in [3.63, 3.8) is 0 Å². The Bertz CT molecular complexity index is 1010. The molecule has 6 nitrogen and oxygen atoms in total. The Balaban J connectivity index is 1.66.